The minimum absolute atomic E-state index is 0.0527. The molecule has 0 saturated carbocycles. The Kier molecular flexibility index (Phi) is 4.69. The van der Waals surface area contributed by atoms with Crippen molar-refractivity contribution in [2.24, 2.45) is 0 Å². The predicted octanol–water partition coefficient (Wildman–Crippen LogP) is 1.78. The molecule has 0 spiro atoms. The van der Waals surface area contributed by atoms with Gasteiger partial charge in [-0.05, 0) is 32.2 Å². The van der Waals surface area contributed by atoms with Crippen molar-refractivity contribution in [1.29, 1.82) is 0 Å². The lowest BCUT2D eigenvalue weighted by molar-refractivity contribution is -0.122. The highest BCUT2D eigenvalue weighted by Crippen LogP contribution is 2.05. The molecule has 4 nitrogen and oxygen atoms in total. The summed E-state index contributed by atoms with van der Waals surface area (Å²) in [5, 5.41) is 9.18. The summed E-state index contributed by atoms with van der Waals surface area (Å²) in [4.78, 5) is 23.0. The summed E-state index contributed by atoms with van der Waals surface area (Å²) in [5.41, 5.74) is 0.417. The third-order valence-electron chi connectivity index (χ3n) is 1.94. The molecule has 94 valence electrons. The van der Waals surface area contributed by atoms with E-state index in [9.17, 15) is 9.59 Å². The van der Waals surface area contributed by atoms with Gasteiger partial charge >= 0.3 is 0 Å². The smallest absolute Gasteiger partial charge is 0.252 e. The van der Waals surface area contributed by atoms with Gasteiger partial charge in [0.25, 0.3) is 5.91 Å². The average Bonchev–Trinajstić information content (AvgIpc) is 2.66. The van der Waals surface area contributed by atoms with Crippen LogP contribution in [0.3, 0.4) is 0 Å². The van der Waals surface area contributed by atoms with E-state index >= 15 is 0 Å². The van der Waals surface area contributed by atoms with Crippen LogP contribution in [-0.4, -0.2) is 23.9 Å². The molecule has 0 saturated heterocycles. The van der Waals surface area contributed by atoms with Gasteiger partial charge in [0.15, 0.2) is 0 Å². The maximum absolute atomic E-state index is 11.5. The van der Waals surface area contributed by atoms with Gasteiger partial charge in [0.05, 0.1) is 0 Å². The largest absolute Gasteiger partial charge is 0.351 e. The minimum Gasteiger partial charge on any atom is -0.351 e. The molecule has 1 aromatic heterocycles. The molecule has 17 heavy (non-hydrogen) atoms. The van der Waals surface area contributed by atoms with Crippen LogP contribution in [0.15, 0.2) is 16.8 Å². The van der Waals surface area contributed by atoms with Gasteiger partial charge in [0, 0.05) is 29.4 Å². The van der Waals surface area contributed by atoms with Crippen LogP contribution in [-0.2, 0) is 4.79 Å². The predicted molar refractivity (Wildman–Crippen MR) is 69.2 cm³/mol. The summed E-state index contributed by atoms with van der Waals surface area (Å²) in [6.07, 6.45) is 0.299. The first-order valence-electron chi connectivity index (χ1n) is 5.50. The van der Waals surface area contributed by atoms with Gasteiger partial charge in [-0.1, -0.05) is 0 Å². The first-order chi connectivity index (χ1) is 7.88. The van der Waals surface area contributed by atoms with E-state index in [0.29, 0.717) is 18.5 Å². The SMILES string of the molecule is CC(C)(C)NC(=O)CCNC(=O)c1ccsc1. The number of amides is 2. The van der Waals surface area contributed by atoms with Gasteiger partial charge in [-0.2, -0.15) is 11.3 Å². The summed E-state index contributed by atoms with van der Waals surface area (Å²) >= 11 is 1.48. The van der Waals surface area contributed by atoms with Crippen LogP contribution in [0.2, 0.25) is 0 Å². The van der Waals surface area contributed by atoms with E-state index in [1.54, 1.807) is 11.4 Å². The second-order valence-electron chi connectivity index (χ2n) is 4.82. The number of carbonyl (C=O) groups is 2. The molecule has 0 aliphatic rings. The van der Waals surface area contributed by atoms with Crippen molar-refractivity contribution in [2.75, 3.05) is 6.54 Å². The molecule has 2 N–H and O–H groups in total. The highest BCUT2D eigenvalue weighted by Gasteiger charge is 2.13. The van der Waals surface area contributed by atoms with E-state index in [0.717, 1.165) is 0 Å². The number of rotatable bonds is 4. The normalized spacial score (nSPS) is 11.0. The van der Waals surface area contributed by atoms with Crippen molar-refractivity contribution in [1.82, 2.24) is 10.6 Å². The number of hydrogen-bond acceptors (Lipinski definition) is 3. The summed E-state index contributed by atoms with van der Waals surface area (Å²) in [7, 11) is 0. The fourth-order valence-electron chi connectivity index (χ4n) is 1.27. The highest BCUT2D eigenvalue weighted by molar-refractivity contribution is 7.08. The number of hydrogen-bond donors (Lipinski definition) is 2. The maximum atomic E-state index is 11.5. The average molecular weight is 254 g/mol. The summed E-state index contributed by atoms with van der Waals surface area (Å²) in [6, 6.07) is 1.76. The molecule has 0 aliphatic carbocycles. The Balaban J connectivity index is 2.24. The van der Waals surface area contributed by atoms with Gasteiger partial charge in [-0.15, -0.1) is 0 Å². The lowest BCUT2D eigenvalue weighted by atomic mass is 10.1. The molecule has 0 aromatic carbocycles. The molecule has 0 unspecified atom stereocenters. The van der Waals surface area contributed by atoms with E-state index in [4.69, 9.17) is 0 Å². The van der Waals surface area contributed by atoms with Crippen LogP contribution in [0.4, 0.5) is 0 Å². The first kappa shape index (κ1) is 13.7. The Labute approximate surface area is 105 Å². The van der Waals surface area contributed by atoms with Gasteiger partial charge < -0.3 is 10.6 Å². The van der Waals surface area contributed by atoms with Crippen LogP contribution in [0, 0.1) is 0 Å². The van der Waals surface area contributed by atoms with Crippen LogP contribution in [0.1, 0.15) is 37.6 Å². The molecule has 5 heteroatoms. The fourth-order valence-corrected chi connectivity index (χ4v) is 1.90. The second-order valence-corrected chi connectivity index (χ2v) is 5.60. The highest BCUT2D eigenvalue weighted by atomic mass is 32.1. The zero-order valence-electron chi connectivity index (χ0n) is 10.4. The Morgan fingerprint density at radius 2 is 2.06 bits per heavy atom. The molecule has 0 bridgehead atoms. The third-order valence-corrected chi connectivity index (χ3v) is 2.62. The van der Waals surface area contributed by atoms with Crippen molar-refractivity contribution in [2.45, 2.75) is 32.7 Å². The molecule has 1 heterocycles. The summed E-state index contributed by atoms with van der Waals surface area (Å²) < 4.78 is 0. The van der Waals surface area contributed by atoms with E-state index < -0.39 is 0 Å². The van der Waals surface area contributed by atoms with E-state index in [2.05, 4.69) is 10.6 Å². The Morgan fingerprint density at radius 3 is 2.59 bits per heavy atom. The van der Waals surface area contributed by atoms with Crippen molar-refractivity contribution < 1.29 is 9.59 Å². The summed E-state index contributed by atoms with van der Waals surface area (Å²) in [6.45, 7) is 6.13. The van der Waals surface area contributed by atoms with Gasteiger partial charge in [-0.3, -0.25) is 9.59 Å². The number of carbonyl (C=O) groups excluding carboxylic acids is 2. The standard InChI is InChI=1S/C12H18N2O2S/c1-12(2,3)14-10(15)4-6-13-11(16)9-5-7-17-8-9/h5,7-8H,4,6H2,1-3H3,(H,13,16)(H,14,15). The molecule has 0 radical (unpaired) electrons. The zero-order chi connectivity index (χ0) is 12.9. The van der Waals surface area contributed by atoms with Crippen molar-refractivity contribution in [3.63, 3.8) is 0 Å². The van der Waals surface area contributed by atoms with Crippen LogP contribution in [0.25, 0.3) is 0 Å². The number of thiophene rings is 1. The van der Waals surface area contributed by atoms with Crippen LogP contribution in [0.5, 0.6) is 0 Å². The topological polar surface area (TPSA) is 58.2 Å². The van der Waals surface area contributed by atoms with Crippen molar-refractivity contribution in [3.8, 4) is 0 Å². The van der Waals surface area contributed by atoms with E-state index in [-0.39, 0.29) is 17.4 Å². The van der Waals surface area contributed by atoms with Gasteiger partial charge in [0.2, 0.25) is 5.91 Å². The Bertz CT molecular complexity index is 380. The molecule has 1 aromatic rings. The van der Waals surface area contributed by atoms with Crippen molar-refractivity contribution >= 4 is 23.2 Å². The van der Waals surface area contributed by atoms with E-state index in [1.165, 1.54) is 11.3 Å². The Morgan fingerprint density at radius 1 is 1.35 bits per heavy atom. The molecule has 0 atom stereocenters. The second kappa shape index (κ2) is 5.82. The van der Waals surface area contributed by atoms with E-state index in [1.807, 2.05) is 26.2 Å². The molecular weight excluding hydrogens is 236 g/mol. The monoisotopic (exact) mass is 254 g/mol. The Hall–Kier alpha value is -1.36. The number of nitrogens with one attached hydrogen (secondary N) is 2. The minimum atomic E-state index is -0.228. The van der Waals surface area contributed by atoms with Crippen molar-refractivity contribution in [3.05, 3.63) is 22.4 Å². The van der Waals surface area contributed by atoms with Gasteiger partial charge in [0.1, 0.15) is 0 Å². The fraction of sp³-hybridized carbons (Fsp3) is 0.500. The zero-order valence-corrected chi connectivity index (χ0v) is 11.2. The molecule has 0 aliphatic heterocycles. The molecule has 2 amide bonds. The first-order valence-corrected chi connectivity index (χ1v) is 6.44. The van der Waals surface area contributed by atoms with Crippen LogP contribution >= 0.6 is 11.3 Å². The van der Waals surface area contributed by atoms with Crippen LogP contribution < -0.4 is 10.6 Å². The quantitative estimate of drug-likeness (QED) is 0.860. The summed E-state index contributed by atoms with van der Waals surface area (Å²) in [5.74, 6) is -0.182. The lowest BCUT2D eigenvalue weighted by Crippen LogP contribution is -2.41. The maximum Gasteiger partial charge on any atom is 0.252 e. The van der Waals surface area contributed by atoms with Gasteiger partial charge in [-0.25, -0.2) is 0 Å². The third kappa shape index (κ3) is 5.49. The molecule has 0 fully saturated rings. The lowest BCUT2D eigenvalue weighted by Gasteiger charge is -2.20. The molecular formula is C12H18N2O2S. The molecule has 1 rings (SSSR count).